The number of fused-ring (bicyclic) bond motifs is 1. The summed E-state index contributed by atoms with van der Waals surface area (Å²) in [6, 6.07) is 3.82. The summed E-state index contributed by atoms with van der Waals surface area (Å²) in [4.78, 5) is 12.3. The van der Waals surface area contributed by atoms with Crippen LogP contribution in [0.25, 0.3) is 10.1 Å². The maximum atomic E-state index is 11.1. The largest absolute Gasteiger partial charge is 0.479 e. The molecule has 2 aromatic rings. The first-order valence-corrected chi connectivity index (χ1v) is 8.35. The predicted molar refractivity (Wildman–Crippen MR) is 88.2 cm³/mol. The fourth-order valence-corrected chi connectivity index (χ4v) is 3.82. The topological polar surface area (TPSA) is 46.5 Å². The number of hydrogen-bond acceptors (Lipinski definition) is 3. The van der Waals surface area contributed by atoms with Crippen molar-refractivity contribution in [3.05, 3.63) is 27.1 Å². The maximum absolute atomic E-state index is 11.1. The number of ether oxygens (including phenoxy) is 1. The van der Waals surface area contributed by atoms with Gasteiger partial charge in [0.15, 0.2) is 6.10 Å². The van der Waals surface area contributed by atoms with Crippen LogP contribution < -0.4 is 4.74 Å². The summed E-state index contributed by atoms with van der Waals surface area (Å²) in [6.07, 6.45) is 1.46. The van der Waals surface area contributed by atoms with Crippen molar-refractivity contribution in [3.63, 3.8) is 0 Å². The molecular weight excluding hydrogens is 331 g/mol. The minimum absolute atomic E-state index is 0.272. The first kappa shape index (κ1) is 16.4. The minimum Gasteiger partial charge on any atom is -0.479 e. The number of thiophene rings is 1. The molecule has 0 saturated carbocycles. The second kappa shape index (κ2) is 6.86. The van der Waals surface area contributed by atoms with E-state index in [-0.39, 0.29) is 5.02 Å². The molecule has 0 spiro atoms. The minimum atomic E-state index is -1.01. The van der Waals surface area contributed by atoms with Crippen LogP contribution in [0.2, 0.25) is 10.0 Å². The second-order valence-electron chi connectivity index (χ2n) is 4.74. The second-order valence-corrected chi connectivity index (χ2v) is 6.63. The summed E-state index contributed by atoms with van der Waals surface area (Å²) in [5.41, 5.74) is 0. The van der Waals surface area contributed by atoms with E-state index in [2.05, 4.69) is 13.0 Å². The number of halogens is 2. The van der Waals surface area contributed by atoms with Crippen molar-refractivity contribution in [2.45, 2.75) is 39.2 Å². The Balaban J connectivity index is 2.45. The van der Waals surface area contributed by atoms with E-state index >= 15 is 0 Å². The van der Waals surface area contributed by atoms with E-state index < -0.39 is 12.1 Å². The molecule has 0 saturated heterocycles. The van der Waals surface area contributed by atoms with E-state index in [9.17, 15) is 4.79 Å². The summed E-state index contributed by atoms with van der Waals surface area (Å²) < 4.78 is 6.42. The van der Waals surface area contributed by atoms with Crippen LogP contribution in [0, 0.1) is 0 Å². The van der Waals surface area contributed by atoms with Crippen LogP contribution in [0.1, 0.15) is 31.6 Å². The van der Waals surface area contributed by atoms with Gasteiger partial charge in [0.25, 0.3) is 0 Å². The lowest BCUT2D eigenvalue weighted by molar-refractivity contribution is -0.145. The van der Waals surface area contributed by atoms with Gasteiger partial charge in [-0.1, -0.05) is 43.5 Å². The molecule has 1 heterocycles. The third-order valence-electron chi connectivity index (χ3n) is 3.12. The Morgan fingerprint density at radius 2 is 2.05 bits per heavy atom. The summed E-state index contributed by atoms with van der Waals surface area (Å²) in [7, 11) is 0. The van der Waals surface area contributed by atoms with Gasteiger partial charge in [0.1, 0.15) is 10.8 Å². The average molecular weight is 347 g/mol. The Morgan fingerprint density at radius 3 is 2.62 bits per heavy atom. The third-order valence-corrected chi connectivity index (χ3v) is 5.31. The zero-order valence-corrected chi connectivity index (χ0v) is 14.1. The lowest BCUT2D eigenvalue weighted by Gasteiger charge is -2.15. The molecule has 0 radical (unpaired) electrons. The number of rotatable bonds is 6. The highest BCUT2D eigenvalue weighted by Crippen LogP contribution is 2.42. The van der Waals surface area contributed by atoms with Crippen molar-refractivity contribution in [2.24, 2.45) is 0 Å². The van der Waals surface area contributed by atoms with Crippen LogP contribution in [-0.2, 0) is 11.2 Å². The van der Waals surface area contributed by atoms with Gasteiger partial charge in [0.2, 0.25) is 0 Å². The molecule has 1 atom stereocenters. The predicted octanol–water partition coefficient (Wildman–Crippen LogP) is 5.40. The summed E-state index contributed by atoms with van der Waals surface area (Å²) >= 11 is 14.1. The van der Waals surface area contributed by atoms with Crippen LogP contribution in [0.5, 0.6) is 5.75 Å². The lowest BCUT2D eigenvalue weighted by atomic mass is 10.2. The quantitative estimate of drug-likeness (QED) is 0.761. The molecule has 2 rings (SSSR count). The highest BCUT2D eigenvalue weighted by atomic mass is 35.5. The highest BCUT2D eigenvalue weighted by Gasteiger charge is 2.21. The first-order chi connectivity index (χ1) is 9.97. The summed E-state index contributed by atoms with van der Waals surface area (Å²) in [6.45, 7) is 3.86. The lowest BCUT2D eigenvalue weighted by Crippen LogP contribution is -2.26. The van der Waals surface area contributed by atoms with Gasteiger partial charge < -0.3 is 9.84 Å². The normalized spacial score (nSPS) is 12.6. The number of hydrogen-bond donors (Lipinski definition) is 1. The molecule has 21 heavy (non-hydrogen) atoms. The SMILES string of the molecule is CCCc1cc2cc(OC(CC)C(=O)O)c(Cl)c(Cl)c2s1. The van der Waals surface area contributed by atoms with E-state index in [0.29, 0.717) is 17.2 Å². The number of aliphatic carboxylic acids is 1. The zero-order valence-electron chi connectivity index (χ0n) is 11.8. The molecule has 1 aromatic heterocycles. The number of benzene rings is 1. The van der Waals surface area contributed by atoms with Gasteiger partial charge in [0.05, 0.1) is 9.72 Å². The van der Waals surface area contributed by atoms with Gasteiger partial charge in [-0.3, -0.25) is 0 Å². The van der Waals surface area contributed by atoms with Crippen molar-refractivity contribution < 1.29 is 14.6 Å². The van der Waals surface area contributed by atoms with Gasteiger partial charge in [-0.25, -0.2) is 4.79 Å². The van der Waals surface area contributed by atoms with E-state index in [1.807, 2.05) is 0 Å². The van der Waals surface area contributed by atoms with Gasteiger partial charge in [0, 0.05) is 4.88 Å². The number of aryl methyl sites for hydroxylation is 1. The Kier molecular flexibility index (Phi) is 5.36. The van der Waals surface area contributed by atoms with Crippen molar-refractivity contribution >= 4 is 50.6 Å². The molecule has 0 aliphatic rings. The Hall–Kier alpha value is -0.970. The fourth-order valence-electron chi connectivity index (χ4n) is 2.07. The molecule has 0 fully saturated rings. The molecule has 0 amide bonds. The number of carboxylic acid groups (broad SMARTS) is 1. The van der Waals surface area contributed by atoms with Crippen LogP contribution in [-0.4, -0.2) is 17.2 Å². The molecule has 6 heteroatoms. The van der Waals surface area contributed by atoms with Gasteiger partial charge >= 0.3 is 5.97 Å². The number of carbonyl (C=O) groups is 1. The first-order valence-electron chi connectivity index (χ1n) is 6.77. The molecule has 0 aliphatic heterocycles. The summed E-state index contributed by atoms with van der Waals surface area (Å²) in [5.74, 6) is -0.689. The molecule has 1 aromatic carbocycles. The molecule has 114 valence electrons. The molecule has 1 unspecified atom stereocenters. The smallest absolute Gasteiger partial charge is 0.344 e. The van der Waals surface area contributed by atoms with E-state index in [4.69, 9.17) is 33.0 Å². The molecule has 0 bridgehead atoms. The molecule has 0 aliphatic carbocycles. The zero-order chi connectivity index (χ0) is 15.6. The monoisotopic (exact) mass is 346 g/mol. The summed E-state index contributed by atoms with van der Waals surface area (Å²) in [5, 5.41) is 10.7. The van der Waals surface area contributed by atoms with Gasteiger partial charge in [-0.05, 0) is 30.4 Å². The molecule has 3 nitrogen and oxygen atoms in total. The van der Waals surface area contributed by atoms with Crippen molar-refractivity contribution in [3.8, 4) is 5.75 Å². The fraction of sp³-hybridized carbons (Fsp3) is 0.400. The number of carboxylic acids is 1. The van der Waals surface area contributed by atoms with Crippen LogP contribution in [0.4, 0.5) is 0 Å². The van der Waals surface area contributed by atoms with Crippen LogP contribution >= 0.6 is 34.5 Å². The average Bonchev–Trinajstić information content (AvgIpc) is 2.84. The van der Waals surface area contributed by atoms with E-state index in [1.165, 1.54) is 4.88 Å². The van der Waals surface area contributed by atoms with Crippen molar-refractivity contribution in [1.29, 1.82) is 0 Å². The maximum Gasteiger partial charge on any atom is 0.344 e. The molecule has 1 N–H and O–H groups in total. The third kappa shape index (κ3) is 3.44. The Morgan fingerprint density at radius 1 is 1.33 bits per heavy atom. The Labute approximate surface area is 137 Å². The highest BCUT2D eigenvalue weighted by molar-refractivity contribution is 7.19. The van der Waals surface area contributed by atoms with Crippen molar-refractivity contribution in [2.75, 3.05) is 0 Å². The van der Waals surface area contributed by atoms with Crippen LogP contribution in [0.3, 0.4) is 0 Å². The molecular formula is C15H16Cl2O3S. The van der Waals surface area contributed by atoms with Crippen molar-refractivity contribution in [1.82, 2.24) is 0 Å². The van der Waals surface area contributed by atoms with E-state index in [0.717, 1.165) is 22.9 Å². The standard InChI is InChI=1S/C15H16Cl2O3S/c1-3-5-9-6-8-7-11(20-10(4-2)15(18)19)12(16)13(17)14(8)21-9/h6-7,10H,3-5H2,1-2H3,(H,18,19). The Bertz CT molecular complexity index is 666. The van der Waals surface area contributed by atoms with Gasteiger partial charge in [-0.2, -0.15) is 0 Å². The van der Waals surface area contributed by atoms with Gasteiger partial charge in [-0.15, -0.1) is 11.3 Å². The van der Waals surface area contributed by atoms with E-state index in [1.54, 1.807) is 24.3 Å². The van der Waals surface area contributed by atoms with Crippen LogP contribution in [0.15, 0.2) is 12.1 Å².